The lowest BCUT2D eigenvalue weighted by molar-refractivity contribution is -0.138. The number of carbonyl (C=O) groups excluding carboxylic acids is 2. The Hall–Kier alpha value is -1.66. The predicted octanol–water partition coefficient (Wildman–Crippen LogP) is 3.77. The molecule has 1 amide bonds. The molecule has 3 atom stereocenters. The number of hydrogen-bond donors (Lipinski definition) is 0. The zero-order valence-corrected chi connectivity index (χ0v) is 16.3. The summed E-state index contributed by atoms with van der Waals surface area (Å²) in [4.78, 5) is 25.7. The predicted molar refractivity (Wildman–Crippen MR) is 95.3 cm³/mol. The number of ether oxygens (including phenoxy) is 1. The van der Waals surface area contributed by atoms with Gasteiger partial charge in [0.05, 0.1) is 12.1 Å². The van der Waals surface area contributed by atoms with Gasteiger partial charge in [0.2, 0.25) is 0 Å². The third-order valence-corrected chi connectivity index (χ3v) is 4.62. The number of hydrogen-bond acceptors (Lipinski definition) is 4. The molecule has 0 aromatic heterocycles. The van der Waals surface area contributed by atoms with E-state index in [2.05, 4.69) is 19.6 Å². The Balaban J connectivity index is 2.33. The van der Waals surface area contributed by atoms with E-state index in [4.69, 9.17) is 9.16 Å². The minimum absolute atomic E-state index is 0.303. The molecule has 1 saturated heterocycles. The highest BCUT2D eigenvalue weighted by molar-refractivity contribution is 6.69. The molecule has 1 fully saturated rings. The number of amides is 1. The average Bonchev–Trinajstić information content (AvgIpc) is 2.41. The van der Waals surface area contributed by atoms with Crippen LogP contribution in [0.15, 0.2) is 30.3 Å². The summed E-state index contributed by atoms with van der Waals surface area (Å²) in [5.41, 5.74) is 0.334. The van der Waals surface area contributed by atoms with Crippen LogP contribution in [0.5, 0.6) is 0 Å². The first-order chi connectivity index (χ1) is 11.0. The number of aldehydes is 1. The quantitative estimate of drug-likeness (QED) is 0.613. The molecule has 0 aliphatic carbocycles. The van der Waals surface area contributed by atoms with E-state index in [1.54, 1.807) is 0 Å². The van der Waals surface area contributed by atoms with Gasteiger partial charge in [0.1, 0.15) is 17.9 Å². The molecule has 1 aromatic carbocycles. The molecule has 132 valence electrons. The van der Waals surface area contributed by atoms with Crippen LogP contribution < -0.4 is 0 Å². The maximum absolute atomic E-state index is 12.6. The van der Waals surface area contributed by atoms with Crippen molar-refractivity contribution in [2.45, 2.75) is 64.2 Å². The highest BCUT2D eigenvalue weighted by atomic mass is 28.4. The molecular formula is C18H27NO4Si. The Labute approximate surface area is 145 Å². The van der Waals surface area contributed by atoms with E-state index >= 15 is 0 Å². The van der Waals surface area contributed by atoms with Gasteiger partial charge in [-0.15, -0.1) is 0 Å². The third kappa shape index (κ3) is 4.24. The molecule has 24 heavy (non-hydrogen) atoms. The first-order valence-corrected chi connectivity index (χ1v) is 11.6. The molecule has 1 heterocycles. The van der Waals surface area contributed by atoms with Gasteiger partial charge in [-0.1, -0.05) is 30.3 Å². The first kappa shape index (κ1) is 18.7. The molecule has 0 spiro atoms. The normalized spacial score (nSPS) is 24.2. The SMILES string of the molecule is CC(C)(C)OC(=O)N1C(C=O)C(O[Si](C)(C)C)C1c1ccccc1. The van der Waals surface area contributed by atoms with Crippen LogP contribution in [0.3, 0.4) is 0 Å². The van der Waals surface area contributed by atoms with E-state index in [0.29, 0.717) is 0 Å². The van der Waals surface area contributed by atoms with Crippen molar-refractivity contribution in [2.75, 3.05) is 0 Å². The van der Waals surface area contributed by atoms with Crippen molar-refractivity contribution >= 4 is 20.7 Å². The molecule has 0 N–H and O–H groups in total. The topological polar surface area (TPSA) is 55.8 Å². The van der Waals surface area contributed by atoms with Crippen molar-refractivity contribution in [3.05, 3.63) is 35.9 Å². The second kappa shape index (κ2) is 6.68. The molecular weight excluding hydrogens is 322 g/mol. The highest BCUT2D eigenvalue weighted by Crippen LogP contribution is 2.42. The molecule has 1 aromatic rings. The van der Waals surface area contributed by atoms with Crippen molar-refractivity contribution < 1.29 is 18.8 Å². The van der Waals surface area contributed by atoms with Gasteiger partial charge < -0.3 is 14.0 Å². The van der Waals surface area contributed by atoms with Gasteiger partial charge in [0.15, 0.2) is 8.32 Å². The fourth-order valence-corrected chi connectivity index (χ4v) is 3.91. The van der Waals surface area contributed by atoms with Crippen molar-refractivity contribution in [1.29, 1.82) is 0 Å². The van der Waals surface area contributed by atoms with Gasteiger partial charge in [-0.2, -0.15) is 0 Å². The Morgan fingerprint density at radius 1 is 1.17 bits per heavy atom. The summed E-state index contributed by atoms with van der Waals surface area (Å²) in [7, 11) is -1.87. The maximum atomic E-state index is 12.6. The lowest BCUT2D eigenvalue weighted by atomic mass is 9.85. The molecule has 0 saturated carbocycles. The van der Waals surface area contributed by atoms with Crippen LogP contribution in [0.25, 0.3) is 0 Å². The lowest BCUT2D eigenvalue weighted by Gasteiger charge is -2.53. The summed E-state index contributed by atoms with van der Waals surface area (Å²) in [6.07, 6.45) is -0.0262. The highest BCUT2D eigenvalue weighted by Gasteiger charge is 2.54. The van der Waals surface area contributed by atoms with Crippen LogP contribution in [0, 0.1) is 0 Å². The number of nitrogens with zero attached hydrogens (tertiary/aromatic N) is 1. The lowest BCUT2D eigenvalue weighted by Crippen LogP contribution is -2.67. The van der Waals surface area contributed by atoms with E-state index in [1.807, 2.05) is 51.1 Å². The molecule has 1 aliphatic heterocycles. The fourth-order valence-electron chi connectivity index (χ4n) is 2.82. The Kier molecular flexibility index (Phi) is 5.20. The van der Waals surface area contributed by atoms with Crippen LogP contribution in [0.4, 0.5) is 4.79 Å². The van der Waals surface area contributed by atoms with Crippen LogP contribution >= 0.6 is 0 Å². The van der Waals surface area contributed by atoms with E-state index in [1.165, 1.54) is 4.90 Å². The van der Waals surface area contributed by atoms with Crippen molar-refractivity contribution in [2.24, 2.45) is 0 Å². The van der Waals surface area contributed by atoms with Gasteiger partial charge in [-0.05, 0) is 46.0 Å². The largest absolute Gasteiger partial charge is 0.444 e. The molecule has 2 rings (SSSR count). The van der Waals surface area contributed by atoms with Crippen molar-refractivity contribution in [1.82, 2.24) is 4.90 Å². The van der Waals surface area contributed by atoms with Crippen molar-refractivity contribution in [3.8, 4) is 0 Å². The zero-order chi connectivity index (χ0) is 18.1. The first-order valence-electron chi connectivity index (χ1n) is 8.23. The van der Waals surface area contributed by atoms with E-state index in [-0.39, 0.29) is 12.1 Å². The fraction of sp³-hybridized carbons (Fsp3) is 0.556. The Morgan fingerprint density at radius 3 is 2.21 bits per heavy atom. The number of likely N-dealkylation sites (tertiary alicyclic amines) is 1. The van der Waals surface area contributed by atoms with Gasteiger partial charge in [0.25, 0.3) is 0 Å². The van der Waals surface area contributed by atoms with Crippen LogP contribution in [0.2, 0.25) is 19.6 Å². The van der Waals surface area contributed by atoms with Crippen LogP contribution in [0.1, 0.15) is 32.4 Å². The standard InChI is InChI=1S/C18H27NO4Si/c1-18(2,3)22-17(21)19-14(12-20)16(23-24(4,5)6)15(19)13-10-8-7-9-11-13/h7-12,14-16H,1-6H3. The monoisotopic (exact) mass is 349 g/mol. The van der Waals surface area contributed by atoms with Crippen LogP contribution in [-0.2, 0) is 14.0 Å². The van der Waals surface area contributed by atoms with E-state index < -0.39 is 26.1 Å². The molecule has 0 bridgehead atoms. The average molecular weight is 350 g/mol. The second-order valence-electron chi connectivity index (χ2n) is 8.06. The molecule has 1 aliphatic rings. The Bertz CT molecular complexity index is 591. The number of carbonyl (C=O) groups is 2. The summed E-state index contributed by atoms with van der Waals surface area (Å²) < 4.78 is 11.7. The summed E-state index contributed by atoms with van der Waals surface area (Å²) >= 11 is 0. The van der Waals surface area contributed by atoms with Gasteiger partial charge in [0, 0.05) is 0 Å². The summed E-state index contributed by atoms with van der Waals surface area (Å²) in [6, 6.07) is 8.74. The van der Waals surface area contributed by atoms with Crippen LogP contribution in [-0.4, -0.2) is 43.3 Å². The number of benzene rings is 1. The maximum Gasteiger partial charge on any atom is 0.411 e. The Morgan fingerprint density at radius 2 is 1.75 bits per heavy atom. The van der Waals surface area contributed by atoms with Crippen molar-refractivity contribution in [3.63, 3.8) is 0 Å². The molecule has 0 radical (unpaired) electrons. The minimum Gasteiger partial charge on any atom is -0.444 e. The number of rotatable bonds is 4. The van der Waals surface area contributed by atoms with Gasteiger partial charge in [-0.3, -0.25) is 4.90 Å². The van der Waals surface area contributed by atoms with Gasteiger partial charge in [-0.25, -0.2) is 4.79 Å². The van der Waals surface area contributed by atoms with E-state index in [0.717, 1.165) is 11.8 Å². The smallest absolute Gasteiger partial charge is 0.411 e. The summed E-state index contributed by atoms with van der Waals surface area (Å²) in [6.45, 7) is 11.7. The molecule has 3 unspecified atom stereocenters. The molecule has 6 heteroatoms. The second-order valence-corrected chi connectivity index (χ2v) is 12.5. The minimum atomic E-state index is -1.87. The van der Waals surface area contributed by atoms with Gasteiger partial charge >= 0.3 is 6.09 Å². The third-order valence-electron chi connectivity index (χ3n) is 3.64. The summed E-state index contributed by atoms with van der Waals surface area (Å²) in [5.74, 6) is 0. The van der Waals surface area contributed by atoms with E-state index in [9.17, 15) is 9.59 Å². The molecule has 5 nitrogen and oxygen atoms in total. The zero-order valence-electron chi connectivity index (χ0n) is 15.3. The summed E-state index contributed by atoms with van der Waals surface area (Å²) in [5, 5.41) is 0.